The molecule has 0 N–H and O–H groups in total. The molecule has 1 atom stereocenters. The molecule has 3 amide bonds. The molecule has 0 saturated carbocycles. The summed E-state index contributed by atoms with van der Waals surface area (Å²) in [6.07, 6.45) is 0.187. The van der Waals surface area contributed by atoms with Crippen molar-refractivity contribution in [2.45, 2.75) is 13.3 Å². The van der Waals surface area contributed by atoms with E-state index >= 15 is 0 Å². The molecule has 0 radical (unpaired) electrons. The Morgan fingerprint density at radius 2 is 1.68 bits per heavy atom. The highest BCUT2D eigenvalue weighted by Gasteiger charge is 2.38. The predicted molar refractivity (Wildman–Crippen MR) is 95.8 cm³/mol. The fraction of sp³-hybridized carbons (Fsp3) is 0.471. The van der Waals surface area contributed by atoms with Gasteiger partial charge in [0.25, 0.3) is 0 Å². The summed E-state index contributed by atoms with van der Waals surface area (Å²) in [7, 11) is 0. The fourth-order valence-electron chi connectivity index (χ4n) is 3.28. The Kier molecular flexibility index (Phi) is 5.20. The lowest BCUT2D eigenvalue weighted by molar-refractivity contribution is -0.141. The zero-order valence-electron chi connectivity index (χ0n) is 13.9. The first-order chi connectivity index (χ1) is 11.9. The molecular formula is C17H19Cl2N3O3. The van der Waals surface area contributed by atoms with Crippen LogP contribution >= 0.6 is 23.2 Å². The molecule has 1 unspecified atom stereocenters. The third-order valence-corrected chi connectivity index (χ3v) is 5.46. The third kappa shape index (κ3) is 3.75. The summed E-state index contributed by atoms with van der Waals surface area (Å²) in [4.78, 5) is 41.5. The van der Waals surface area contributed by atoms with Crippen LogP contribution in [0.15, 0.2) is 18.2 Å². The molecule has 2 saturated heterocycles. The zero-order valence-corrected chi connectivity index (χ0v) is 15.4. The number of carbonyl (C=O) groups is 3. The van der Waals surface area contributed by atoms with E-state index in [1.807, 2.05) is 0 Å². The Labute approximate surface area is 156 Å². The maximum absolute atomic E-state index is 12.7. The van der Waals surface area contributed by atoms with Crippen LogP contribution in [-0.4, -0.2) is 60.2 Å². The van der Waals surface area contributed by atoms with Crippen LogP contribution in [0.4, 0.5) is 5.69 Å². The number of carbonyl (C=O) groups excluding carboxylic acids is 3. The number of halogens is 2. The molecule has 25 heavy (non-hydrogen) atoms. The van der Waals surface area contributed by atoms with Crippen LogP contribution in [0.2, 0.25) is 10.0 Å². The van der Waals surface area contributed by atoms with E-state index in [4.69, 9.17) is 23.2 Å². The van der Waals surface area contributed by atoms with Gasteiger partial charge in [0.2, 0.25) is 17.7 Å². The molecule has 0 spiro atoms. The number of nitrogens with zero attached hydrogens (tertiary/aromatic N) is 3. The molecule has 2 heterocycles. The highest BCUT2D eigenvalue weighted by molar-refractivity contribution is 6.42. The van der Waals surface area contributed by atoms with Crippen molar-refractivity contribution in [3.05, 3.63) is 28.2 Å². The van der Waals surface area contributed by atoms with Gasteiger partial charge in [-0.3, -0.25) is 14.4 Å². The molecule has 8 heteroatoms. The van der Waals surface area contributed by atoms with Gasteiger partial charge in [0, 0.05) is 51.8 Å². The maximum atomic E-state index is 12.7. The van der Waals surface area contributed by atoms with Crippen LogP contribution in [0.3, 0.4) is 0 Å². The number of piperazine rings is 1. The second-order valence-electron chi connectivity index (χ2n) is 6.34. The fourth-order valence-corrected chi connectivity index (χ4v) is 3.57. The lowest BCUT2D eigenvalue weighted by Crippen LogP contribution is -2.51. The van der Waals surface area contributed by atoms with Crippen molar-refractivity contribution in [2.75, 3.05) is 37.6 Å². The molecule has 1 aromatic rings. The van der Waals surface area contributed by atoms with Crippen molar-refractivity contribution in [3.63, 3.8) is 0 Å². The number of hydrogen-bond donors (Lipinski definition) is 0. The summed E-state index contributed by atoms with van der Waals surface area (Å²) in [5, 5.41) is 0.801. The highest BCUT2D eigenvalue weighted by atomic mass is 35.5. The van der Waals surface area contributed by atoms with Gasteiger partial charge in [0.05, 0.1) is 16.0 Å². The van der Waals surface area contributed by atoms with Gasteiger partial charge in [0.15, 0.2) is 0 Å². The summed E-state index contributed by atoms with van der Waals surface area (Å²) in [6.45, 7) is 3.97. The minimum absolute atomic E-state index is 0.0222. The van der Waals surface area contributed by atoms with Crippen molar-refractivity contribution in [1.29, 1.82) is 0 Å². The highest BCUT2D eigenvalue weighted by Crippen LogP contribution is 2.31. The summed E-state index contributed by atoms with van der Waals surface area (Å²) < 4.78 is 0. The Balaban J connectivity index is 1.65. The summed E-state index contributed by atoms with van der Waals surface area (Å²) in [5.74, 6) is -0.474. The van der Waals surface area contributed by atoms with Crippen molar-refractivity contribution in [1.82, 2.24) is 9.80 Å². The Bertz CT molecular complexity index is 717. The van der Waals surface area contributed by atoms with Crippen molar-refractivity contribution in [2.24, 2.45) is 5.92 Å². The van der Waals surface area contributed by atoms with E-state index in [0.29, 0.717) is 48.5 Å². The van der Waals surface area contributed by atoms with E-state index in [0.717, 1.165) is 0 Å². The molecule has 2 aliphatic heterocycles. The minimum Gasteiger partial charge on any atom is -0.339 e. The van der Waals surface area contributed by atoms with Crippen molar-refractivity contribution >= 4 is 46.6 Å². The molecule has 134 valence electrons. The summed E-state index contributed by atoms with van der Waals surface area (Å²) in [5.41, 5.74) is 0.649. The average Bonchev–Trinajstić information content (AvgIpc) is 2.98. The Morgan fingerprint density at radius 1 is 1.04 bits per heavy atom. The zero-order chi connectivity index (χ0) is 18.1. The number of benzene rings is 1. The monoisotopic (exact) mass is 383 g/mol. The van der Waals surface area contributed by atoms with E-state index in [1.54, 1.807) is 32.9 Å². The van der Waals surface area contributed by atoms with E-state index in [2.05, 4.69) is 0 Å². The van der Waals surface area contributed by atoms with Gasteiger partial charge in [-0.1, -0.05) is 23.2 Å². The number of amides is 3. The van der Waals surface area contributed by atoms with Crippen LogP contribution in [0.25, 0.3) is 0 Å². The van der Waals surface area contributed by atoms with Gasteiger partial charge in [-0.25, -0.2) is 0 Å². The van der Waals surface area contributed by atoms with Gasteiger partial charge in [-0.2, -0.15) is 0 Å². The lowest BCUT2D eigenvalue weighted by atomic mass is 10.1. The molecule has 1 aromatic carbocycles. The minimum atomic E-state index is -0.370. The maximum Gasteiger partial charge on any atom is 0.228 e. The van der Waals surface area contributed by atoms with Crippen molar-refractivity contribution in [3.8, 4) is 0 Å². The summed E-state index contributed by atoms with van der Waals surface area (Å²) >= 11 is 11.9. The lowest BCUT2D eigenvalue weighted by Gasteiger charge is -2.35. The van der Waals surface area contributed by atoms with Crippen molar-refractivity contribution < 1.29 is 14.4 Å². The van der Waals surface area contributed by atoms with Crippen LogP contribution < -0.4 is 4.90 Å². The Hall–Kier alpha value is -1.79. The van der Waals surface area contributed by atoms with E-state index in [1.165, 1.54) is 6.92 Å². The quantitative estimate of drug-likeness (QED) is 0.784. The molecule has 0 aliphatic carbocycles. The predicted octanol–water partition coefficient (Wildman–Crippen LogP) is 2.04. The topological polar surface area (TPSA) is 60.9 Å². The van der Waals surface area contributed by atoms with E-state index < -0.39 is 0 Å². The van der Waals surface area contributed by atoms with Gasteiger partial charge < -0.3 is 14.7 Å². The van der Waals surface area contributed by atoms with Gasteiger partial charge in [-0.05, 0) is 18.2 Å². The molecule has 6 nitrogen and oxygen atoms in total. The first-order valence-electron chi connectivity index (χ1n) is 8.16. The van der Waals surface area contributed by atoms with E-state index in [-0.39, 0.29) is 30.1 Å². The van der Waals surface area contributed by atoms with Crippen LogP contribution in [0, 0.1) is 5.92 Å². The van der Waals surface area contributed by atoms with Crippen LogP contribution in [0.1, 0.15) is 13.3 Å². The van der Waals surface area contributed by atoms with Crippen LogP contribution in [-0.2, 0) is 14.4 Å². The smallest absolute Gasteiger partial charge is 0.228 e. The molecule has 0 aromatic heterocycles. The summed E-state index contributed by atoms with van der Waals surface area (Å²) in [6, 6.07) is 5.01. The average molecular weight is 384 g/mol. The second-order valence-corrected chi connectivity index (χ2v) is 7.15. The molecule has 0 bridgehead atoms. The second kappa shape index (κ2) is 7.22. The normalized spacial score (nSPS) is 21.0. The Morgan fingerprint density at radius 3 is 2.28 bits per heavy atom. The SMILES string of the molecule is CC(=O)N1CCN(C(=O)C2CC(=O)N(c3ccc(Cl)c(Cl)c3)C2)CC1. The first-order valence-corrected chi connectivity index (χ1v) is 8.92. The van der Waals surface area contributed by atoms with E-state index in [9.17, 15) is 14.4 Å². The molecule has 3 rings (SSSR count). The molecule has 2 fully saturated rings. The number of anilines is 1. The van der Waals surface area contributed by atoms with Gasteiger partial charge in [0.1, 0.15) is 0 Å². The third-order valence-electron chi connectivity index (χ3n) is 4.73. The number of hydrogen-bond acceptors (Lipinski definition) is 3. The largest absolute Gasteiger partial charge is 0.339 e. The van der Waals surface area contributed by atoms with Gasteiger partial charge >= 0.3 is 0 Å². The molecule has 2 aliphatic rings. The number of rotatable bonds is 2. The standard InChI is InChI=1S/C17H19Cl2N3O3/c1-11(23)20-4-6-21(7-5-20)17(25)12-8-16(24)22(10-12)13-2-3-14(18)15(19)9-13/h2-3,9,12H,4-8,10H2,1H3. The first kappa shape index (κ1) is 18.0. The molecular weight excluding hydrogens is 365 g/mol. The van der Waals surface area contributed by atoms with Crippen LogP contribution in [0.5, 0.6) is 0 Å². The van der Waals surface area contributed by atoms with Gasteiger partial charge in [-0.15, -0.1) is 0 Å².